The fourth-order valence-electron chi connectivity index (χ4n) is 2.56. The number of rotatable bonds is 7. The van der Waals surface area contributed by atoms with E-state index in [1.165, 1.54) is 0 Å². The molecular formula is C19H21F3N2O5S. The van der Waals surface area contributed by atoms with E-state index in [9.17, 15) is 18.0 Å². The third-order valence-electron chi connectivity index (χ3n) is 4.14. The van der Waals surface area contributed by atoms with Crippen LogP contribution in [0.25, 0.3) is 0 Å². The van der Waals surface area contributed by atoms with Crippen molar-refractivity contribution in [1.29, 1.82) is 0 Å². The zero-order valence-corrected chi connectivity index (χ0v) is 16.7. The molecule has 30 heavy (non-hydrogen) atoms. The highest BCUT2D eigenvalue weighted by Crippen LogP contribution is 2.20. The SMILES string of the molecule is O=C(OCCCCC1CN1[n+]1ccccc1)c1ccccc1.O=S(=O)([O-])C(F)(F)F. The van der Waals surface area contributed by atoms with Gasteiger partial charge < -0.3 is 9.29 Å². The number of carbonyl (C=O) groups excluding carboxylic acids is 1. The van der Waals surface area contributed by atoms with Gasteiger partial charge in [-0.25, -0.2) is 13.2 Å². The minimum Gasteiger partial charge on any atom is -0.741 e. The summed E-state index contributed by atoms with van der Waals surface area (Å²) in [6.07, 6.45) is 7.28. The Morgan fingerprint density at radius 2 is 1.67 bits per heavy atom. The lowest BCUT2D eigenvalue weighted by molar-refractivity contribution is -0.677. The number of carbonyl (C=O) groups is 1. The third kappa shape index (κ3) is 7.64. The number of benzene rings is 1. The number of pyridine rings is 1. The van der Waals surface area contributed by atoms with Gasteiger partial charge in [0, 0.05) is 12.1 Å². The first kappa shape index (κ1) is 23.6. The highest BCUT2D eigenvalue weighted by molar-refractivity contribution is 7.86. The Balaban J connectivity index is 0.000000343. The van der Waals surface area contributed by atoms with Gasteiger partial charge in [-0.3, -0.25) is 0 Å². The second kappa shape index (κ2) is 10.4. The van der Waals surface area contributed by atoms with E-state index in [1.54, 1.807) is 12.1 Å². The van der Waals surface area contributed by atoms with Gasteiger partial charge in [-0.15, -0.1) is 0 Å². The van der Waals surface area contributed by atoms with Crippen molar-refractivity contribution in [2.45, 2.75) is 30.8 Å². The summed E-state index contributed by atoms with van der Waals surface area (Å²) in [5.74, 6) is -0.228. The molecule has 0 spiro atoms. The van der Waals surface area contributed by atoms with Crippen molar-refractivity contribution < 1.29 is 40.3 Å². The van der Waals surface area contributed by atoms with Crippen LogP contribution < -0.4 is 9.69 Å². The molecule has 1 aliphatic heterocycles. The van der Waals surface area contributed by atoms with Crippen molar-refractivity contribution in [3.63, 3.8) is 0 Å². The van der Waals surface area contributed by atoms with Crippen molar-refractivity contribution in [2.75, 3.05) is 18.2 Å². The van der Waals surface area contributed by atoms with Crippen LogP contribution in [0.1, 0.15) is 29.6 Å². The molecule has 3 rings (SSSR count). The van der Waals surface area contributed by atoms with Gasteiger partial charge in [0.05, 0.1) is 18.7 Å². The standard InChI is InChI=1S/C18H21N2O2.CHF3O3S/c21-18(16-9-3-1-4-10-16)22-14-8-5-11-17-15-20(17)19-12-6-2-7-13-19;2-1(3,4)8(5,6)7/h1-4,6-7,9-10,12-13,17H,5,8,11,14-15H2;(H,5,6,7)/q+1;/p-1. The van der Waals surface area contributed by atoms with E-state index in [2.05, 4.69) is 22.1 Å². The summed E-state index contributed by atoms with van der Waals surface area (Å²) in [4.78, 5) is 11.8. The molecule has 0 bridgehead atoms. The quantitative estimate of drug-likeness (QED) is 0.162. The van der Waals surface area contributed by atoms with E-state index in [4.69, 9.17) is 17.7 Å². The molecule has 2 heterocycles. The Hall–Kier alpha value is -2.66. The van der Waals surface area contributed by atoms with Crippen LogP contribution in [-0.4, -0.2) is 43.6 Å². The number of halogens is 3. The largest absolute Gasteiger partial charge is 0.741 e. The van der Waals surface area contributed by atoms with Crippen molar-refractivity contribution in [3.05, 3.63) is 66.5 Å². The molecule has 7 nitrogen and oxygen atoms in total. The second-order valence-electron chi connectivity index (χ2n) is 6.43. The third-order valence-corrected chi connectivity index (χ3v) is 4.71. The van der Waals surface area contributed by atoms with Crippen LogP contribution in [0.3, 0.4) is 0 Å². The van der Waals surface area contributed by atoms with E-state index >= 15 is 0 Å². The molecule has 1 aromatic carbocycles. The topological polar surface area (TPSA) is 90.4 Å². The zero-order valence-electron chi connectivity index (χ0n) is 15.9. The minimum absolute atomic E-state index is 0.228. The average Bonchev–Trinajstić information content (AvgIpc) is 3.47. The predicted molar refractivity (Wildman–Crippen MR) is 99.8 cm³/mol. The van der Waals surface area contributed by atoms with Gasteiger partial charge in [-0.2, -0.15) is 18.2 Å². The van der Waals surface area contributed by atoms with Crippen LogP contribution in [0.5, 0.6) is 0 Å². The summed E-state index contributed by atoms with van der Waals surface area (Å²) in [7, 11) is -6.09. The molecule has 1 aliphatic rings. The molecule has 11 heteroatoms. The summed E-state index contributed by atoms with van der Waals surface area (Å²) < 4.78 is 66.3. The lowest BCUT2D eigenvalue weighted by Gasteiger charge is -2.08. The number of alkyl halides is 3. The Bertz CT molecular complexity index is 909. The maximum absolute atomic E-state index is 11.8. The van der Waals surface area contributed by atoms with E-state index in [0.717, 1.165) is 25.8 Å². The first-order valence-electron chi connectivity index (χ1n) is 9.07. The zero-order chi connectivity index (χ0) is 22.2. The number of nitrogens with zero attached hydrogens (tertiary/aromatic N) is 2. The van der Waals surface area contributed by atoms with Crippen molar-refractivity contribution in [3.8, 4) is 0 Å². The highest BCUT2D eigenvalue weighted by atomic mass is 32.2. The van der Waals surface area contributed by atoms with Gasteiger partial charge in [-0.1, -0.05) is 28.9 Å². The number of hydrogen-bond donors (Lipinski definition) is 0. The normalized spacial score (nSPS) is 15.7. The molecular weight excluding hydrogens is 425 g/mol. The Morgan fingerprint density at radius 1 is 1.10 bits per heavy atom. The molecule has 164 valence electrons. The number of esters is 1. The molecule has 0 aliphatic carbocycles. The fourth-order valence-corrected chi connectivity index (χ4v) is 2.56. The van der Waals surface area contributed by atoms with Gasteiger partial charge in [0.1, 0.15) is 6.04 Å². The molecule has 1 saturated heterocycles. The van der Waals surface area contributed by atoms with E-state index in [-0.39, 0.29) is 5.97 Å². The lowest BCUT2D eigenvalue weighted by atomic mass is 10.2. The van der Waals surface area contributed by atoms with Crippen LogP contribution in [0.2, 0.25) is 0 Å². The van der Waals surface area contributed by atoms with Gasteiger partial charge in [-0.05, 0) is 31.4 Å². The number of aromatic nitrogens is 1. The summed E-state index contributed by atoms with van der Waals surface area (Å²) in [5.41, 5.74) is -5.02. The summed E-state index contributed by atoms with van der Waals surface area (Å²) in [6, 6.07) is 15.9. The molecule has 1 aromatic heterocycles. The summed E-state index contributed by atoms with van der Waals surface area (Å²) >= 11 is 0. The molecule has 1 atom stereocenters. The van der Waals surface area contributed by atoms with E-state index in [1.807, 2.05) is 36.4 Å². The van der Waals surface area contributed by atoms with E-state index < -0.39 is 15.6 Å². The number of unbranched alkanes of at least 4 members (excludes halogenated alkanes) is 1. The first-order valence-corrected chi connectivity index (χ1v) is 10.5. The maximum atomic E-state index is 11.8. The van der Waals surface area contributed by atoms with Crippen LogP contribution >= 0.6 is 0 Å². The summed E-state index contributed by atoms with van der Waals surface area (Å²) in [6.45, 7) is 1.61. The van der Waals surface area contributed by atoms with Crippen molar-refractivity contribution in [2.24, 2.45) is 0 Å². The molecule has 0 radical (unpaired) electrons. The van der Waals surface area contributed by atoms with Gasteiger partial charge in [0.15, 0.2) is 22.5 Å². The molecule has 2 aromatic rings. The van der Waals surface area contributed by atoms with Gasteiger partial charge in [0.2, 0.25) is 0 Å². The summed E-state index contributed by atoms with van der Waals surface area (Å²) in [5, 5.41) is 2.33. The van der Waals surface area contributed by atoms with Crippen LogP contribution in [0.15, 0.2) is 60.9 Å². The first-order chi connectivity index (χ1) is 14.1. The van der Waals surface area contributed by atoms with Crippen LogP contribution in [0.4, 0.5) is 13.2 Å². The Morgan fingerprint density at radius 3 is 2.23 bits per heavy atom. The molecule has 1 unspecified atom stereocenters. The smallest absolute Gasteiger partial charge is 0.485 e. The average molecular weight is 446 g/mol. The molecule has 1 fully saturated rings. The minimum atomic E-state index is -6.09. The fraction of sp³-hybridized carbons (Fsp3) is 0.368. The Kier molecular flexibility index (Phi) is 8.18. The van der Waals surface area contributed by atoms with Crippen molar-refractivity contribution >= 4 is 16.1 Å². The molecule has 0 N–H and O–H groups in total. The lowest BCUT2D eigenvalue weighted by Crippen LogP contribution is -2.45. The monoisotopic (exact) mass is 446 g/mol. The second-order valence-corrected chi connectivity index (χ2v) is 7.80. The van der Waals surface area contributed by atoms with Gasteiger partial charge in [0.25, 0.3) is 0 Å². The molecule has 0 saturated carbocycles. The maximum Gasteiger partial charge on any atom is 0.485 e. The highest BCUT2D eigenvalue weighted by Gasteiger charge is 2.40. The predicted octanol–water partition coefficient (Wildman–Crippen LogP) is 2.37. The van der Waals surface area contributed by atoms with E-state index in [0.29, 0.717) is 18.2 Å². The Labute approximate surface area is 172 Å². The van der Waals surface area contributed by atoms with Gasteiger partial charge >= 0.3 is 11.5 Å². The van der Waals surface area contributed by atoms with Crippen LogP contribution in [-0.2, 0) is 14.9 Å². The number of ether oxygens (including phenoxy) is 1. The number of hydrogen-bond acceptors (Lipinski definition) is 6. The molecule has 0 amide bonds. The van der Waals surface area contributed by atoms with Crippen LogP contribution in [0, 0.1) is 0 Å². The van der Waals surface area contributed by atoms with Crippen molar-refractivity contribution in [1.82, 2.24) is 0 Å².